The quantitative estimate of drug-likeness (QED) is 0.0379. The predicted octanol–water partition coefficient (Wildman–Crippen LogP) is -4.11. The monoisotopic (exact) mass is 797 g/mol. The van der Waals surface area contributed by atoms with Crippen LogP contribution in [0.2, 0.25) is 0 Å². The van der Waals surface area contributed by atoms with Gasteiger partial charge < -0.3 is 59.3 Å². The molecule has 318 valence electrons. The SMILES string of the molecule is CCCC(=O)NCC(=O)NC(C(=O)NCC(=O)NCC(=O)NCC(=O)N[C@@H](CCN)C(=O)NC(C(=O)N[C@@H](CC(C)C)C(=O)NCC(N)=O)C(C)C)[C@@H](C)CC. The molecule has 0 saturated heterocycles. The van der Waals surface area contributed by atoms with Gasteiger partial charge in [0.05, 0.1) is 32.7 Å². The zero-order valence-corrected chi connectivity index (χ0v) is 33.6. The number of primary amides is 1. The van der Waals surface area contributed by atoms with Crippen LogP contribution >= 0.6 is 0 Å². The van der Waals surface area contributed by atoms with E-state index < -0.39 is 109 Å². The molecule has 0 radical (unpaired) electrons. The smallest absolute Gasteiger partial charge is 0.243 e. The van der Waals surface area contributed by atoms with Crippen LogP contribution in [0.25, 0.3) is 0 Å². The van der Waals surface area contributed by atoms with Crippen LogP contribution in [0.5, 0.6) is 0 Å². The van der Waals surface area contributed by atoms with E-state index in [1.165, 1.54) is 0 Å². The first kappa shape index (κ1) is 50.7. The van der Waals surface area contributed by atoms with Crippen molar-refractivity contribution in [2.24, 2.45) is 29.2 Å². The van der Waals surface area contributed by atoms with Gasteiger partial charge in [-0.15, -0.1) is 0 Å². The fourth-order valence-corrected chi connectivity index (χ4v) is 4.91. The van der Waals surface area contributed by atoms with Crippen molar-refractivity contribution >= 4 is 59.1 Å². The molecule has 5 atom stereocenters. The summed E-state index contributed by atoms with van der Waals surface area (Å²) in [6, 6.07) is -4.34. The van der Waals surface area contributed by atoms with Gasteiger partial charge in [-0.2, -0.15) is 0 Å². The lowest BCUT2D eigenvalue weighted by Gasteiger charge is -2.27. The van der Waals surface area contributed by atoms with Crippen molar-refractivity contribution in [3.05, 3.63) is 0 Å². The number of hydrogen-bond acceptors (Lipinski definition) is 11. The summed E-state index contributed by atoms with van der Waals surface area (Å²) in [5.74, 6) is -7.37. The van der Waals surface area contributed by atoms with E-state index in [9.17, 15) is 47.9 Å². The van der Waals surface area contributed by atoms with Gasteiger partial charge in [0.15, 0.2) is 0 Å². The molecule has 0 bridgehead atoms. The maximum Gasteiger partial charge on any atom is 0.243 e. The molecule has 13 N–H and O–H groups in total. The fourth-order valence-electron chi connectivity index (χ4n) is 4.91. The molecule has 0 fully saturated rings. The van der Waals surface area contributed by atoms with Crippen LogP contribution in [0, 0.1) is 17.8 Å². The third kappa shape index (κ3) is 21.5. The lowest BCUT2D eigenvalue weighted by atomic mass is 9.98. The van der Waals surface area contributed by atoms with E-state index in [4.69, 9.17) is 11.5 Å². The van der Waals surface area contributed by atoms with Crippen molar-refractivity contribution in [3.63, 3.8) is 0 Å². The first-order valence-corrected chi connectivity index (χ1v) is 18.8. The molecule has 0 aliphatic rings. The molecule has 0 saturated carbocycles. The molecule has 0 aromatic carbocycles. The van der Waals surface area contributed by atoms with Gasteiger partial charge in [-0.1, -0.05) is 54.9 Å². The molecule has 0 rings (SSSR count). The van der Waals surface area contributed by atoms with Gasteiger partial charge in [-0.25, -0.2) is 0 Å². The summed E-state index contributed by atoms with van der Waals surface area (Å²) in [6.45, 7) is 9.95. The number of carbonyl (C=O) groups is 10. The van der Waals surface area contributed by atoms with Crippen molar-refractivity contribution in [3.8, 4) is 0 Å². The minimum absolute atomic E-state index is 0.0199. The van der Waals surface area contributed by atoms with E-state index in [1.807, 2.05) is 27.7 Å². The van der Waals surface area contributed by atoms with E-state index >= 15 is 0 Å². The second-order valence-electron chi connectivity index (χ2n) is 14.0. The number of nitrogens with one attached hydrogen (secondary N) is 9. The van der Waals surface area contributed by atoms with Crippen LogP contribution in [0.4, 0.5) is 0 Å². The largest absolute Gasteiger partial charge is 0.368 e. The standard InChI is InChI=1S/C35H63N11O10/c1-8-10-25(48)38-18-29(52)45-31(21(7)9-2)34(55)42-16-27(50)39-15-26(49)40-17-28(51)43-22(11-12-36)33(54)46-30(20(5)6)35(56)44-23(13-19(3)4)32(53)41-14-24(37)47/h19-23,30-31H,8-18,36H2,1-7H3,(H2,37,47)(H,38,48)(H,39,50)(H,40,49)(H,41,53)(H,42,55)(H,43,51)(H,44,56)(H,45,52)(H,46,54)/t21-,22-,23-,30?,31?/m0/s1. The van der Waals surface area contributed by atoms with E-state index in [-0.39, 0.29) is 50.1 Å². The average molecular weight is 798 g/mol. The predicted molar refractivity (Wildman–Crippen MR) is 204 cm³/mol. The molecule has 21 heteroatoms. The molecule has 0 spiro atoms. The van der Waals surface area contributed by atoms with Gasteiger partial charge in [-0.05, 0) is 43.6 Å². The third-order valence-electron chi connectivity index (χ3n) is 8.18. The molecule has 0 aliphatic carbocycles. The number of nitrogens with two attached hydrogens (primary N) is 2. The van der Waals surface area contributed by atoms with E-state index in [0.717, 1.165) is 0 Å². The molecule has 56 heavy (non-hydrogen) atoms. The number of carbonyl (C=O) groups excluding carboxylic acids is 10. The highest BCUT2D eigenvalue weighted by molar-refractivity contribution is 5.96. The van der Waals surface area contributed by atoms with Crippen molar-refractivity contribution in [2.75, 3.05) is 39.3 Å². The van der Waals surface area contributed by atoms with Gasteiger partial charge in [0.25, 0.3) is 0 Å². The average Bonchev–Trinajstić information content (AvgIpc) is 3.13. The summed E-state index contributed by atoms with van der Waals surface area (Å²) >= 11 is 0. The van der Waals surface area contributed by atoms with Crippen molar-refractivity contribution in [1.29, 1.82) is 0 Å². The Morgan fingerprint density at radius 3 is 1.54 bits per heavy atom. The maximum absolute atomic E-state index is 13.2. The molecule has 2 unspecified atom stereocenters. The summed E-state index contributed by atoms with van der Waals surface area (Å²) in [6.07, 6.45) is 1.60. The number of rotatable bonds is 27. The first-order valence-electron chi connectivity index (χ1n) is 18.8. The van der Waals surface area contributed by atoms with Crippen LogP contribution in [-0.2, 0) is 47.9 Å². The molecule has 21 nitrogen and oxygen atoms in total. The summed E-state index contributed by atoms with van der Waals surface area (Å²) in [5.41, 5.74) is 10.8. The zero-order valence-electron chi connectivity index (χ0n) is 33.6. The first-order chi connectivity index (χ1) is 26.2. The van der Waals surface area contributed by atoms with E-state index in [1.54, 1.807) is 20.8 Å². The summed E-state index contributed by atoms with van der Waals surface area (Å²) in [4.78, 5) is 124. The number of amides is 10. The second-order valence-corrected chi connectivity index (χ2v) is 14.0. The van der Waals surface area contributed by atoms with Gasteiger partial charge >= 0.3 is 0 Å². The molecule has 0 aliphatic heterocycles. The van der Waals surface area contributed by atoms with Crippen LogP contribution in [-0.4, -0.2) is 123 Å². The molecule has 0 heterocycles. The summed E-state index contributed by atoms with van der Waals surface area (Å²) in [7, 11) is 0. The fraction of sp³-hybridized carbons (Fsp3) is 0.714. The minimum Gasteiger partial charge on any atom is -0.368 e. The molecular weight excluding hydrogens is 734 g/mol. The molecule has 0 aromatic heterocycles. The van der Waals surface area contributed by atoms with Crippen molar-refractivity contribution < 1.29 is 47.9 Å². The molecule has 10 amide bonds. The Bertz CT molecular complexity index is 1380. The highest BCUT2D eigenvalue weighted by Gasteiger charge is 2.32. The Balaban J connectivity index is 5.11. The topological polar surface area (TPSA) is 331 Å². The zero-order chi connectivity index (χ0) is 43.0. The van der Waals surface area contributed by atoms with E-state index in [2.05, 4.69) is 47.9 Å². The van der Waals surface area contributed by atoms with Gasteiger partial charge in [0, 0.05) is 6.42 Å². The normalized spacial score (nSPS) is 13.5. The summed E-state index contributed by atoms with van der Waals surface area (Å²) in [5, 5.41) is 22.0. The van der Waals surface area contributed by atoms with Gasteiger partial charge in [0.2, 0.25) is 59.1 Å². The van der Waals surface area contributed by atoms with Gasteiger partial charge in [0.1, 0.15) is 24.2 Å². The third-order valence-corrected chi connectivity index (χ3v) is 8.18. The molecular formula is C35H63N11O10. The van der Waals surface area contributed by atoms with E-state index in [0.29, 0.717) is 12.8 Å². The number of hydrogen-bond donors (Lipinski definition) is 11. The van der Waals surface area contributed by atoms with Crippen LogP contribution in [0.3, 0.4) is 0 Å². The highest BCUT2D eigenvalue weighted by atomic mass is 16.2. The van der Waals surface area contributed by atoms with Crippen molar-refractivity contribution in [2.45, 2.75) is 105 Å². The summed E-state index contributed by atoms with van der Waals surface area (Å²) < 4.78 is 0. The lowest BCUT2D eigenvalue weighted by Crippen LogP contribution is -2.59. The second kappa shape index (κ2) is 27.3. The Kier molecular flexibility index (Phi) is 24.7. The van der Waals surface area contributed by atoms with Crippen LogP contribution in [0.1, 0.15) is 80.6 Å². The van der Waals surface area contributed by atoms with Gasteiger partial charge in [-0.3, -0.25) is 47.9 Å². The van der Waals surface area contributed by atoms with Crippen LogP contribution < -0.4 is 59.3 Å². The highest BCUT2D eigenvalue weighted by Crippen LogP contribution is 2.10. The Hall–Kier alpha value is -5.34. The Labute approximate surface area is 327 Å². The minimum atomic E-state index is -1.20. The Morgan fingerprint density at radius 1 is 0.518 bits per heavy atom. The lowest BCUT2D eigenvalue weighted by molar-refractivity contribution is -0.135. The molecule has 0 aromatic rings. The van der Waals surface area contributed by atoms with Crippen LogP contribution in [0.15, 0.2) is 0 Å². The Morgan fingerprint density at radius 2 is 1.04 bits per heavy atom. The van der Waals surface area contributed by atoms with Crippen molar-refractivity contribution in [1.82, 2.24) is 47.9 Å². The maximum atomic E-state index is 13.2.